The predicted molar refractivity (Wildman–Crippen MR) is 62.9 cm³/mol. The Labute approximate surface area is 99.8 Å². The molecular formula is C12H16N2O3. The monoisotopic (exact) mass is 236 g/mol. The van der Waals surface area contributed by atoms with Crippen molar-refractivity contribution in [1.82, 2.24) is 10.6 Å². The molecule has 1 aromatic carbocycles. The summed E-state index contributed by atoms with van der Waals surface area (Å²) in [6.07, 6.45) is 0.754. The summed E-state index contributed by atoms with van der Waals surface area (Å²) in [4.78, 5) is 11.5. The lowest BCUT2D eigenvalue weighted by Gasteiger charge is -2.26. The van der Waals surface area contributed by atoms with Gasteiger partial charge in [-0.2, -0.15) is 0 Å². The van der Waals surface area contributed by atoms with Crippen molar-refractivity contribution in [1.29, 1.82) is 0 Å². The number of amides is 2. The first kappa shape index (κ1) is 11.7. The molecule has 0 aromatic heterocycles. The lowest BCUT2D eigenvalue weighted by Crippen LogP contribution is -2.40. The zero-order valence-corrected chi connectivity index (χ0v) is 9.48. The number of para-hydroxylation sites is 1. The van der Waals surface area contributed by atoms with Crippen molar-refractivity contribution in [2.45, 2.75) is 12.5 Å². The third-order valence-corrected chi connectivity index (χ3v) is 2.66. The van der Waals surface area contributed by atoms with Gasteiger partial charge in [-0.3, -0.25) is 0 Å². The van der Waals surface area contributed by atoms with Crippen LogP contribution >= 0.6 is 0 Å². The second-order valence-corrected chi connectivity index (χ2v) is 3.85. The molecule has 1 aromatic rings. The van der Waals surface area contributed by atoms with E-state index in [4.69, 9.17) is 9.84 Å². The molecule has 0 unspecified atom stereocenters. The third-order valence-electron chi connectivity index (χ3n) is 2.66. The van der Waals surface area contributed by atoms with Gasteiger partial charge in [0.05, 0.1) is 19.3 Å². The number of carbonyl (C=O) groups excluding carboxylic acids is 1. The van der Waals surface area contributed by atoms with Crippen LogP contribution in [0.5, 0.6) is 5.75 Å². The number of hydrogen-bond acceptors (Lipinski definition) is 3. The normalized spacial score (nSPS) is 17.8. The highest BCUT2D eigenvalue weighted by atomic mass is 16.5. The van der Waals surface area contributed by atoms with E-state index in [-0.39, 0.29) is 25.2 Å². The van der Waals surface area contributed by atoms with E-state index in [0.29, 0.717) is 6.61 Å². The number of urea groups is 1. The number of fused-ring (bicyclic) bond motifs is 1. The maximum Gasteiger partial charge on any atom is 0.315 e. The molecule has 0 saturated heterocycles. The van der Waals surface area contributed by atoms with Crippen LogP contribution in [-0.4, -0.2) is 30.9 Å². The SMILES string of the molecule is O=C(NCCO)N[C@H]1CCOc2ccccc21. The van der Waals surface area contributed by atoms with Gasteiger partial charge in [0.2, 0.25) is 0 Å². The Kier molecular flexibility index (Phi) is 3.82. The molecule has 1 atom stereocenters. The molecule has 0 fully saturated rings. The van der Waals surface area contributed by atoms with Gasteiger partial charge in [-0.25, -0.2) is 4.79 Å². The van der Waals surface area contributed by atoms with E-state index in [1.165, 1.54) is 0 Å². The molecule has 5 heteroatoms. The van der Waals surface area contributed by atoms with Crippen LogP contribution in [0.3, 0.4) is 0 Å². The molecule has 0 bridgehead atoms. The van der Waals surface area contributed by atoms with Gasteiger partial charge < -0.3 is 20.5 Å². The van der Waals surface area contributed by atoms with Crippen LogP contribution in [0, 0.1) is 0 Å². The summed E-state index contributed by atoms with van der Waals surface area (Å²) in [5, 5.41) is 14.1. The standard InChI is InChI=1S/C12H16N2O3/c15-7-6-13-12(16)14-10-5-8-17-11-4-2-1-3-9(10)11/h1-4,10,15H,5-8H2,(H2,13,14,16)/t10-/m0/s1. The van der Waals surface area contributed by atoms with Gasteiger partial charge in [-0.15, -0.1) is 0 Å². The van der Waals surface area contributed by atoms with E-state index in [1.54, 1.807) is 0 Å². The highest BCUT2D eigenvalue weighted by Gasteiger charge is 2.22. The molecular weight excluding hydrogens is 220 g/mol. The summed E-state index contributed by atoms with van der Waals surface area (Å²) in [6.45, 7) is 0.802. The molecule has 0 spiro atoms. The smallest absolute Gasteiger partial charge is 0.315 e. The molecule has 5 nitrogen and oxygen atoms in total. The highest BCUT2D eigenvalue weighted by molar-refractivity contribution is 5.74. The fourth-order valence-electron chi connectivity index (χ4n) is 1.87. The highest BCUT2D eigenvalue weighted by Crippen LogP contribution is 2.31. The number of nitrogens with one attached hydrogen (secondary N) is 2. The van der Waals surface area contributed by atoms with E-state index in [9.17, 15) is 4.79 Å². The topological polar surface area (TPSA) is 70.6 Å². The molecule has 92 valence electrons. The molecule has 2 amide bonds. The number of aliphatic hydroxyl groups excluding tert-OH is 1. The summed E-state index contributed by atoms with van der Waals surface area (Å²) in [6, 6.07) is 7.39. The van der Waals surface area contributed by atoms with E-state index >= 15 is 0 Å². The van der Waals surface area contributed by atoms with Crippen LogP contribution in [0.2, 0.25) is 0 Å². The minimum absolute atomic E-state index is 0.0290. The summed E-state index contributed by atoms with van der Waals surface area (Å²) in [7, 11) is 0. The van der Waals surface area contributed by atoms with Crippen LogP contribution in [0.15, 0.2) is 24.3 Å². The Bertz CT molecular complexity index is 395. The summed E-state index contributed by atoms with van der Waals surface area (Å²) >= 11 is 0. The summed E-state index contributed by atoms with van der Waals surface area (Å²) in [5.41, 5.74) is 0.998. The molecule has 2 rings (SSSR count). The average Bonchev–Trinajstić information content (AvgIpc) is 2.37. The van der Waals surface area contributed by atoms with Crippen LogP contribution in [0.4, 0.5) is 4.79 Å². The van der Waals surface area contributed by atoms with E-state index in [0.717, 1.165) is 17.7 Å². The summed E-state index contributed by atoms with van der Waals surface area (Å²) in [5.74, 6) is 0.825. The largest absolute Gasteiger partial charge is 0.493 e. The maximum absolute atomic E-state index is 11.5. The molecule has 3 N–H and O–H groups in total. The van der Waals surface area contributed by atoms with Gasteiger partial charge in [0.1, 0.15) is 5.75 Å². The summed E-state index contributed by atoms with van der Waals surface area (Å²) < 4.78 is 5.50. The molecule has 1 aliphatic rings. The fourth-order valence-corrected chi connectivity index (χ4v) is 1.87. The van der Waals surface area contributed by atoms with Crippen molar-refractivity contribution in [3.63, 3.8) is 0 Å². The van der Waals surface area contributed by atoms with Crippen molar-refractivity contribution in [2.75, 3.05) is 19.8 Å². The van der Waals surface area contributed by atoms with Crippen molar-refractivity contribution in [3.05, 3.63) is 29.8 Å². The molecule has 0 radical (unpaired) electrons. The van der Waals surface area contributed by atoms with Gasteiger partial charge in [0.15, 0.2) is 0 Å². The van der Waals surface area contributed by atoms with Crippen molar-refractivity contribution >= 4 is 6.03 Å². The van der Waals surface area contributed by atoms with Gasteiger partial charge in [-0.1, -0.05) is 18.2 Å². The lowest BCUT2D eigenvalue weighted by molar-refractivity contribution is 0.219. The Hall–Kier alpha value is -1.75. The number of benzene rings is 1. The first-order valence-electron chi connectivity index (χ1n) is 5.68. The number of carbonyl (C=O) groups is 1. The lowest BCUT2D eigenvalue weighted by atomic mass is 10.0. The molecule has 17 heavy (non-hydrogen) atoms. The molecule has 0 aliphatic carbocycles. The van der Waals surface area contributed by atoms with Crippen molar-refractivity contribution in [2.24, 2.45) is 0 Å². The van der Waals surface area contributed by atoms with Gasteiger partial charge in [-0.05, 0) is 6.07 Å². The fraction of sp³-hybridized carbons (Fsp3) is 0.417. The van der Waals surface area contributed by atoms with Crippen molar-refractivity contribution < 1.29 is 14.6 Å². The number of ether oxygens (including phenoxy) is 1. The number of aliphatic hydroxyl groups is 1. The van der Waals surface area contributed by atoms with Crippen LogP contribution in [-0.2, 0) is 0 Å². The zero-order chi connectivity index (χ0) is 12.1. The van der Waals surface area contributed by atoms with Crippen LogP contribution in [0.25, 0.3) is 0 Å². The first-order valence-corrected chi connectivity index (χ1v) is 5.68. The second kappa shape index (κ2) is 5.54. The van der Waals surface area contributed by atoms with Gasteiger partial charge in [0.25, 0.3) is 0 Å². The zero-order valence-electron chi connectivity index (χ0n) is 9.48. The van der Waals surface area contributed by atoms with Gasteiger partial charge in [0, 0.05) is 18.5 Å². The predicted octanol–water partition coefficient (Wildman–Crippen LogP) is 0.802. The van der Waals surface area contributed by atoms with Crippen LogP contribution < -0.4 is 15.4 Å². The van der Waals surface area contributed by atoms with Crippen LogP contribution in [0.1, 0.15) is 18.0 Å². The van der Waals surface area contributed by atoms with Crippen molar-refractivity contribution in [3.8, 4) is 5.75 Å². The molecule has 1 heterocycles. The third kappa shape index (κ3) is 2.88. The molecule has 1 aliphatic heterocycles. The minimum atomic E-state index is -0.263. The Morgan fingerprint density at radius 1 is 1.47 bits per heavy atom. The number of hydrogen-bond donors (Lipinski definition) is 3. The van der Waals surface area contributed by atoms with Gasteiger partial charge >= 0.3 is 6.03 Å². The maximum atomic E-state index is 11.5. The Morgan fingerprint density at radius 2 is 2.29 bits per heavy atom. The Balaban J connectivity index is 2.01. The second-order valence-electron chi connectivity index (χ2n) is 3.85. The van der Waals surface area contributed by atoms with E-state index in [2.05, 4.69) is 10.6 Å². The average molecular weight is 236 g/mol. The minimum Gasteiger partial charge on any atom is -0.493 e. The number of rotatable bonds is 3. The first-order chi connectivity index (χ1) is 8.31. The Morgan fingerprint density at radius 3 is 3.12 bits per heavy atom. The quantitative estimate of drug-likeness (QED) is 0.727. The van der Waals surface area contributed by atoms with E-state index < -0.39 is 0 Å². The molecule has 0 saturated carbocycles. The van der Waals surface area contributed by atoms with E-state index in [1.807, 2.05) is 24.3 Å².